The van der Waals surface area contributed by atoms with Gasteiger partial charge in [-0.05, 0) is 19.3 Å². The second-order valence-electron chi connectivity index (χ2n) is 6.53. The van der Waals surface area contributed by atoms with Crippen molar-refractivity contribution in [2.45, 2.75) is 31.5 Å². The van der Waals surface area contributed by atoms with Crippen LogP contribution in [0.1, 0.15) is 19.3 Å². The number of allylic oxidation sites excluding steroid dienone is 1. The summed E-state index contributed by atoms with van der Waals surface area (Å²) >= 11 is 1.29. The Bertz CT molecular complexity index is 859. The van der Waals surface area contributed by atoms with E-state index < -0.39 is 18.1 Å². The van der Waals surface area contributed by atoms with Crippen LogP contribution in [0.4, 0.5) is 19.0 Å². The number of hydrogen-bond donors (Lipinski definition) is 1. The molecule has 4 rings (SSSR count). The van der Waals surface area contributed by atoms with Crippen molar-refractivity contribution < 1.29 is 18.0 Å². The number of halogens is 3. The minimum Gasteiger partial charge on any atom is -0.363 e. The van der Waals surface area contributed by atoms with E-state index in [1.54, 1.807) is 5.51 Å². The summed E-state index contributed by atoms with van der Waals surface area (Å²) in [6, 6.07) is -0.974. The van der Waals surface area contributed by atoms with Crippen LogP contribution in [-0.2, 0) is 4.79 Å². The summed E-state index contributed by atoms with van der Waals surface area (Å²) in [6.07, 6.45) is 1.11. The molecule has 2 fully saturated rings. The van der Waals surface area contributed by atoms with E-state index in [9.17, 15) is 18.0 Å². The van der Waals surface area contributed by atoms with Crippen LogP contribution < -0.4 is 5.32 Å². The van der Waals surface area contributed by atoms with Gasteiger partial charge in [-0.3, -0.25) is 4.79 Å². The molecule has 1 amide bonds. The number of nitrogens with zero attached hydrogens (tertiary/aromatic N) is 4. The zero-order valence-electron chi connectivity index (χ0n) is 13.7. The first kappa shape index (κ1) is 17.2. The molecule has 2 aliphatic rings. The van der Waals surface area contributed by atoms with Crippen LogP contribution in [0.25, 0.3) is 10.3 Å². The number of nitrogens with one attached hydrogen (secondary N) is 1. The van der Waals surface area contributed by atoms with Gasteiger partial charge in [0.05, 0.1) is 17.5 Å². The summed E-state index contributed by atoms with van der Waals surface area (Å²) in [6.45, 7) is -0.377. The SMILES string of the molecule is O=C(C=C1CCC1)N1C[C@@H](C(F)(F)F)[C@H](Nc2ncnc3scnc23)C1. The van der Waals surface area contributed by atoms with Gasteiger partial charge in [0.2, 0.25) is 5.91 Å². The molecular weight excluding hydrogens is 367 g/mol. The van der Waals surface area contributed by atoms with Gasteiger partial charge in [0.25, 0.3) is 0 Å². The van der Waals surface area contributed by atoms with Gasteiger partial charge in [0.15, 0.2) is 5.82 Å². The van der Waals surface area contributed by atoms with E-state index in [0.717, 1.165) is 24.8 Å². The van der Waals surface area contributed by atoms with Gasteiger partial charge in [-0.2, -0.15) is 13.2 Å². The number of anilines is 1. The quantitative estimate of drug-likeness (QED) is 0.825. The highest BCUT2D eigenvalue weighted by Gasteiger charge is 2.51. The summed E-state index contributed by atoms with van der Waals surface area (Å²) < 4.78 is 40.5. The van der Waals surface area contributed by atoms with Crippen LogP contribution in [0, 0.1) is 5.92 Å². The molecule has 2 atom stereocenters. The maximum atomic E-state index is 13.5. The number of thiazole rings is 1. The van der Waals surface area contributed by atoms with Crippen molar-refractivity contribution in [2.75, 3.05) is 18.4 Å². The molecule has 138 valence electrons. The third kappa shape index (κ3) is 3.25. The molecule has 0 bridgehead atoms. The van der Waals surface area contributed by atoms with E-state index in [1.165, 1.54) is 28.6 Å². The lowest BCUT2D eigenvalue weighted by atomic mass is 9.92. The normalized spacial score (nSPS) is 23.2. The Morgan fingerprint density at radius 1 is 1.27 bits per heavy atom. The van der Waals surface area contributed by atoms with Crippen LogP contribution in [0.5, 0.6) is 0 Å². The van der Waals surface area contributed by atoms with E-state index in [2.05, 4.69) is 20.3 Å². The maximum absolute atomic E-state index is 13.5. The number of amides is 1. The minimum atomic E-state index is -4.41. The number of fused-ring (bicyclic) bond motifs is 1. The number of carbonyl (C=O) groups is 1. The van der Waals surface area contributed by atoms with Gasteiger partial charge in [0, 0.05) is 19.2 Å². The van der Waals surface area contributed by atoms with Gasteiger partial charge in [0.1, 0.15) is 16.7 Å². The maximum Gasteiger partial charge on any atom is 0.395 e. The molecule has 0 unspecified atom stereocenters. The van der Waals surface area contributed by atoms with Crippen LogP contribution in [0.2, 0.25) is 0 Å². The molecule has 2 aromatic heterocycles. The molecule has 2 aromatic rings. The first-order valence-electron chi connectivity index (χ1n) is 8.27. The minimum absolute atomic E-state index is 0.0254. The van der Waals surface area contributed by atoms with Crippen LogP contribution >= 0.6 is 11.3 Å². The first-order valence-corrected chi connectivity index (χ1v) is 9.15. The van der Waals surface area contributed by atoms with Gasteiger partial charge in [-0.1, -0.05) is 5.57 Å². The van der Waals surface area contributed by atoms with Crippen LogP contribution in [-0.4, -0.2) is 51.1 Å². The molecule has 1 N–H and O–H groups in total. The van der Waals surface area contributed by atoms with E-state index >= 15 is 0 Å². The Balaban J connectivity index is 1.56. The fourth-order valence-corrected chi connectivity index (χ4v) is 3.86. The zero-order valence-corrected chi connectivity index (χ0v) is 14.5. The Morgan fingerprint density at radius 2 is 2.08 bits per heavy atom. The summed E-state index contributed by atoms with van der Waals surface area (Å²) in [4.78, 5) is 26.4. The van der Waals surface area contributed by atoms with Gasteiger partial charge in [-0.25, -0.2) is 15.0 Å². The van der Waals surface area contributed by atoms with Crippen molar-refractivity contribution in [1.82, 2.24) is 19.9 Å². The van der Waals surface area contributed by atoms with Gasteiger partial charge in [-0.15, -0.1) is 11.3 Å². The predicted octanol–water partition coefficient (Wildman–Crippen LogP) is 3.00. The lowest BCUT2D eigenvalue weighted by molar-refractivity contribution is -0.172. The molecule has 1 aliphatic carbocycles. The average Bonchev–Trinajstić information content (AvgIpc) is 3.17. The number of aromatic nitrogens is 3. The highest BCUT2D eigenvalue weighted by Crippen LogP contribution is 2.36. The molecule has 6 nitrogen and oxygen atoms in total. The largest absolute Gasteiger partial charge is 0.395 e. The molecule has 1 saturated heterocycles. The molecule has 0 aromatic carbocycles. The van der Waals surface area contributed by atoms with E-state index in [1.807, 2.05) is 0 Å². The molecule has 26 heavy (non-hydrogen) atoms. The number of hydrogen-bond acceptors (Lipinski definition) is 6. The fraction of sp³-hybridized carbons (Fsp3) is 0.500. The average molecular weight is 383 g/mol. The van der Waals surface area contributed by atoms with E-state index in [-0.39, 0.29) is 24.8 Å². The highest BCUT2D eigenvalue weighted by atomic mass is 32.1. The Labute approximate surface area is 151 Å². The number of likely N-dealkylation sites (tertiary alicyclic amines) is 1. The first-order chi connectivity index (χ1) is 12.4. The monoisotopic (exact) mass is 383 g/mol. The van der Waals surface area contributed by atoms with Crippen LogP contribution in [0.3, 0.4) is 0 Å². The molecule has 0 radical (unpaired) electrons. The van der Waals surface area contributed by atoms with Gasteiger partial charge >= 0.3 is 6.18 Å². The third-order valence-corrected chi connectivity index (χ3v) is 5.57. The Hall–Kier alpha value is -2.23. The van der Waals surface area contributed by atoms with Gasteiger partial charge < -0.3 is 10.2 Å². The number of alkyl halides is 3. The van der Waals surface area contributed by atoms with Crippen molar-refractivity contribution in [3.63, 3.8) is 0 Å². The summed E-state index contributed by atoms with van der Waals surface area (Å²) in [5.74, 6) is -1.74. The van der Waals surface area contributed by atoms with Crippen molar-refractivity contribution in [3.8, 4) is 0 Å². The summed E-state index contributed by atoms with van der Waals surface area (Å²) in [7, 11) is 0. The topological polar surface area (TPSA) is 71.0 Å². The second-order valence-corrected chi connectivity index (χ2v) is 7.36. The number of rotatable bonds is 3. The molecular formula is C16H16F3N5OS. The van der Waals surface area contributed by atoms with E-state index in [0.29, 0.717) is 10.3 Å². The fourth-order valence-electron chi connectivity index (χ4n) is 3.23. The Morgan fingerprint density at radius 3 is 2.77 bits per heavy atom. The second kappa shape index (κ2) is 6.49. The highest BCUT2D eigenvalue weighted by molar-refractivity contribution is 7.16. The van der Waals surface area contributed by atoms with Crippen molar-refractivity contribution >= 4 is 33.4 Å². The lowest BCUT2D eigenvalue weighted by Gasteiger charge is -2.22. The van der Waals surface area contributed by atoms with Crippen molar-refractivity contribution in [3.05, 3.63) is 23.5 Å². The summed E-state index contributed by atoms with van der Waals surface area (Å²) in [5.41, 5.74) is 3.02. The smallest absolute Gasteiger partial charge is 0.363 e. The molecule has 10 heteroatoms. The Kier molecular flexibility index (Phi) is 4.29. The molecule has 1 saturated carbocycles. The molecule has 3 heterocycles. The third-order valence-electron chi connectivity index (χ3n) is 4.83. The van der Waals surface area contributed by atoms with Crippen molar-refractivity contribution in [1.29, 1.82) is 0 Å². The van der Waals surface area contributed by atoms with Crippen molar-refractivity contribution in [2.24, 2.45) is 5.92 Å². The standard InChI is InChI=1S/C16H16F3N5OS/c17-16(18,19)10-5-24(12(25)4-9-2-1-3-9)6-11(10)23-14-13-15(21-7-20-14)26-8-22-13/h4,7-8,10-11H,1-3,5-6H2,(H,20,21,23)/t10-,11-/m1/s1. The van der Waals surface area contributed by atoms with E-state index in [4.69, 9.17) is 0 Å². The number of carbonyl (C=O) groups excluding carboxylic acids is 1. The zero-order chi connectivity index (χ0) is 18.3. The lowest BCUT2D eigenvalue weighted by Crippen LogP contribution is -2.38. The van der Waals surface area contributed by atoms with Crippen LogP contribution in [0.15, 0.2) is 23.5 Å². The molecule has 1 aliphatic heterocycles. The predicted molar refractivity (Wildman–Crippen MR) is 90.7 cm³/mol. The molecule has 0 spiro atoms. The summed E-state index contributed by atoms with van der Waals surface area (Å²) in [5, 5.41) is 2.85.